The van der Waals surface area contributed by atoms with E-state index in [9.17, 15) is 0 Å². The Balaban J connectivity index is 2.00. The van der Waals surface area contributed by atoms with Crippen molar-refractivity contribution in [1.82, 2.24) is 5.32 Å². The van der Waals surface area contributed by atoms with Gasteiger partial charge in [-0.2, -0.15) is 0 Å². The van der Waals surface area contributed by atoms with Crippen molar-refractivity contribution >= 4 is 5.69 Å². The molecule has 1 atom stereocenters. The third-order valence-corrected chi connectivity index (χ3v) is 5.14. The highest BCUT2D eigenvalue weighted by molar-refractivity contribution is 5.62. The maximum atomic E-state index is 4.78. The Morgan fingerprint density at radius 2 is 1.81 bits per heavy atom. The SMILES string of the molecule is CC[C@@]12C[N]CCN1c1ccccc1Cc1ccccc12. The van der Waals surface area contributed by atoms with Gasteiger partial charge in [-0.1, -0.05) is 49.4 Å². The average molecular weight is 277 g/mol. The summed E-state index contributed by atoms with van der Waals surface area (Å²) in [6.45, 7) is 5.19. The zero-order chi connectivity index (χ0) is 14.3. The molecule has 0 aromatic heterocycles. The van der Waals surface area contributed by atoms with E-state index >= 15 is 0 Å². The summed E-state index contributed by atoms with van der Waals surface area (Å²) < 4.78 is 0. The lowest BCUT2D eigenvalue weighted by molar-refractivity contribution is 0.318. The fraction of sp³-hybridized carbons (Fsp3) is 0.368. The predicted molar refractivity (Wildman–Crippen MR) is 86.9 cm³/mol. The molecular weight excluding hydrogens is 256 g/mol. The average Bonchev–Trinajstić information content (AvgIpc) is 2.68. The van der Waals surface area contributed by atoms with Crippen molar-refractivity contribution in [1.29, 1.82) is 0 Å². The van der Waals surface area contributed by atoms with Crippen molar-refractivity contribution in [3.8, 4) is 0 Å². The van der Waals surface area contributed by atoms with Gasteiger partial charge < -0.3 is 4.90 Å². The van der Waals surface area contributed by atoms with Crippen molar-refractivity contribution in [3.05, 3.63) is 65.2 Å². The molecule has 0 N–H and O–H groups in total. The van der Waals surface area contributed by atoms with Gasteiger partial charge in [0.1, 0.15) is 0 Å². The number of benzene rings is 2. The summed E-state index contributed by atoms with van der Waals surface area (Å²) >= 11 is 0. The van der Waals surface area contributed by atoms with Gasteiger partial charge in [-0.15, -0.1) is 0 Å². The molecule has 0 unspecified atom stereocenters. The minimum Gasteiger partial charge on any atom is -0.359 e. The summed E-state index contributed by atoms with van der Waals surface area (Å²) in [5.74, 6) is 0. The molecule has 0 aliphatic carbocycles. The number of piperazine rings is 1. The van der Waals surface area contributed by atoms with Crippen LogP contribution in [0.4, 0.5) is 5.69 Å². The monoisotopic (exact) mass is 277 g/mol. The van der Waals surface area contributed by atoms with Gasteiger partial charge in [-0.05, 0) is 35.6 Å². The second-order valence-electron chi connectivity index (χ2n) is 6.10. The molecule has 2 aromatic carbocycles. The number of fused-ring (bicyclic) bond motifs is 5. The molecule has 0 bridgehead atoms. The molecule has 2 aliphatic heterocycles. The zero-order valence-corrected chi connectivity index (χ0v) is 12.5. The van der Waals surface area contributed by atoms with Crippen LogP contribution in [-0.2, 0) is 12.0 Å². The Hall–Kier alpha value is -1.80. The lowest BCUT2D eigenvalue weighted by atomic mass is 9.81. The highest BCUT2D eigenvalue weighted by atomic mass is 15.3. The molecule has 2 heterocycles. The fourth-order valence-electron chi connectivity index (χ4n) is 4.07. The van der Waals surface area contributed by atoms with Crippen molar-refractivity contribution in [3.63, 3.8) is 0 Å². The second kappa shape index (κ2) is 4.88. The molecule has 21 heavy (non-hydrogen) atoms. The van der Waals surface area contributed by atoms with Gasteiger partial charge in [0.15, 0.2) is 0 Å². The Bertz CT molecular complexity index is 664. The van der Waals surface area contributed by atoms with Crippen LogP contribution in [0.3, 0.4) is 0 Å². The second-order valence-corrected chi connectivity index (χ2v) is 6.10. The van der Waals surface area contributed by atoms with Gasteiger partial charge in [0.05, 0.1) is 5.54 Å². The van der Waals surface area contributed by atoms with E-state index in [1.165, 1.54) is 22.4 Å². The van der Waals surface area contributed by atoms with Crippen LogP contribution in [0.25, 0.3) is 0 Å². The highest BCUT2D eigenvalue weighted by Crippen LogP contribution is 2.43. The maximum Gasteiger partial charge on any atom is 0.0795 e. The first-order valence-electron chi connectivity index (χ1n) is 7.92. The Morgan fingerprint density at radius 3 is 2.67 bits per heavy atom. The van der Waals surface area contributed by atoms with Crippen molar-refractivity contribution < 1.29 is 0 Å². The van der Waals surface area contributed by atoms with Crippen LogP contribution in [0.5, 0.6) is 0 Å². The summed E-state index contributed by atoms with van der Waals surface area (Å²) in [6, 6.07) is 17.9. The fourth-order valence-corrected chi connectivity index (χ4v) is 4.07. The van der Waals surface area contributed by atoms with Crippen LogP contribution >= 0.6 is 0 Å². The zero-order valence-electron chi connectivity index (χ0n) is 12.5. The van der Waals surface area contributed by atoms with Gasteiger partial charge in [0, 0.05) is 25.3 Å². The van der Waals surface area contributed by atoms with Crippen LogP contribution in [0.15, 0.2) is 48.5 Å². The van der Waals surface area contributed by atoms with E-state index in [-0.39, 0.29) is 5.54 Å². The number of rotatable bonds is 1. The molecule has 1 fully saturated rings. The van der Waals surface area contributed by atoms with Crippen LogP contribution in [0.2, 0.25) is 0 Å². The minimum absolute atomic E-state index is 0.0431. The summed E-state index contributed by atoms with van der Waals surface area (Å²) in [7, 11) is 0. The van der Waals surface area contributed by atoms with E-state index in [0.29, 0.717) is 0 Å². The molecule has 1 saturated heterocycles. The van der Waals surface area contributed by atoms with Crippen LogP contribution in [0.1, 0.15) is 30.0 Å². The van der Waals surface area contributed by atoms with Crippen molar-refractivity contribution in [2.24, 2.45) is 0 Å². The van der Waals surface area contributed by atoms with E-state index in [2.05, 4.69) is 60.4 Å². The van der Waals surface area contributed by atoms with Gasteiger partial charge in [-0.25, -0.2) is 5.32 Å². The summed E-state index contributed by atoms with van der Waals surface area (Å²) in [5, 5.41) is 4.78. The largest absolute Gasteiger partial charge is 0.359 e. The molecular formula is C19H21N2. The van der Waals surface area contributed by atoms with Gasteiger partial charge in [0.25, 0.3) is 0 Å². The maximum absolute atomic E-state index is 4.78. The first-order valence-corrected chi connectivity index (χ1v) is 7.92. The lowest BCUT2D eigenvalue weighted by Crippen LogP contribution is -2.57. The molecule has 0 spiro atoms. The molecule has 2 aromatic rings. The van der Waals surface area contributed by atoms with Crippen LogP contribution < -0.4 is 10.2 Å². The first-order chi connectivity index (χ1) is 10.3. The predicted octanol–water partition coefficient (Wildman–Crippen LogP) is 3.32. The van der Waals surface area contributed by atoms with Crippen LogP contribution in [-0.4, -0.2) is 19.6 Å². The number of hydrogen-bond acceptors (Lipinski definition) is 1. The number of nitrogens with zero attached hydrogens (tertiary/aromatic N) is 2. The quantitative estimate of drug-likeness (QED) is 0.781. The van der Waals surface area contributed by atoms with E-state index < -0.39 is 0 Å². The topological polar surface area (TPSA) is 17.3 Å². The third kappa shape index (κ3) is 1.82. The van der Waals surface area contributed by atoms with E-state index in [1.807, 2.05) is 0 Å². The summed E-state index contributed by atoms with van der Waals surface area (Å²) in [4.78, 5) is 2.63. The molecule has 0 amide bonds. The third-order valence-electron chi connectivity index (χ3n) is 5.14. The highest BCUT2D eigenvalue weighted by Gasteiger charge is 2.43. The first kappa shape index (κ1) is 12.9. The number of anilines is 1. The molecule has 107 valence electrons. The Kier molecular flexibility index (Phi) is 3.00. The van der Waals surface area contributed by atoms with Crippen molar-refractivity contribution in [2.45, 2.75) is 25.3 Å². The molecule has 1 radical (unpaired) electrons. The normalized spacial score (nSPS) is 23.8. The van der Waals surface area contributed by atoms with Gasteiger partial charge >= 0.3 is 0 Å². The van der Waals surface area contributed by atoms with Gasteiger partial charge in [-0.3, -0.25) is 0 Å². The summed E-state index contributed by atoms with van der Waals surface area (Å²) in [6.07, 6.45) is 2.13. The van der Waals surface area contributed by atoms with Gasteiger partial charge in [0.2, 0.25) is 0 Å². The standard InChI is InChI=1S/C19H21N2/c1-2-19-14-20-11-12-21(19)18-10-6-4-8-16(18)13-15-7-3-5-9-17(15)19/h3-10H,2,11-14H2,1H3/t19-/m0/s1. The minimum atomic E-state index is 0.0431. The number of para-hydroxylation sites is 1. The summed E-state index contributed by atoms with van der Waals surface area (Å²) in [5.41, 5.74) is 5.84. The smallest absolute Gasteiger partial charge is 0.0795 e. The van der Waals surface area contributed by atoms with Crippen molar-refractivity contribution in [2.75, 3.05) is 24.5 Å². The number of hydrogen-bond donors (Lipinski definition) is 0. The molecule has 0 saturated carbocycles. The van der Waals surface area contributed by atoms with Crippen LogP contribution in [0, 0.1) is 0 Å². The molecule has 2 heteroatoms. The lowest BCUT2D eigenvalue weighted by Gasteiger charge is -2.48. The molecule has 4 rings (SSSR count). The van der Waals surface area contributed by atoms with E-state index in [4.69, 9.17) is 5.32 Å². The molecule has 2 nitrogen and oxygen atoms in total. The van der Waals surface area contributed by atoms with E-state index in [1.54, 1.807) is 0 Å². The van der Waals surface area contributed by atoms with E-state index in [0.717, 1.165) is 32.5 Å². The molecule has 2 aliphatic rings. The Labute approximate surface area is 126 Å². The Morgan fingerprint density at radius 1 is 1.05 bits per heavy atom.